The van der Waals surface area contributed by atoms with Gasteiger partial charge in [-0.2, -0.15) is 13.2 Å². The van der Waals surface area contributed by atoms with Crippen molar-refractivity contribution in [1.82, 2.24) is 5.16 Å². The molecule has 0 aliphatic rings. The lowest BCUT2D eigenvalue weighted by Gasteiger charge is -2.07. The number of hydrogen-bond acceptors (Lipinski definition) is 4. The summed E-state index contributed by atoms with van der Waals surface area (Å²) in [6.07, 6.45) is -3.49. The van der Waals surface area contributed by atoms with Crippen LogP contribution in [0.3, 0.4) is 0 Å². The number of halogens is 3. The third-order valence-electron chi connectivity index (χ3n) is 3.51. The Bertz CT molecular complexity index is 692. The van der Waals surface area contributed by atoms with E-state index in [9.17, 15) is 23.1 Å². The minimum Gasteiger partial charge on any atom is -0.477 e. The van der Waals surface area contributed by atoms with Crippen molar-refractivity contribution in [3.05, 3.63) is 52.4 Å². The van der Waals surface area contributed by atoms with Crippen molar-refractivity contribution in [1.29, 1.82) is 0 Å². The second kappa shape index (κ2) is 7.48. The number of aromatic nitrogens is 1. The van der Waals surface area contributed by atoms with Gasteiger partial charge in [-0.25, -0.2) is 4.79 Å². The molecule has 0 saturated carbocycles. The Kier molecular flexibility index (Phi) is 5.61. The minimum absolute atomic E-state index is 0.000961. The van der Waals surface area contributed by atoms with E-state index >= 15 is 0 Å². The summed E-state index contributed by atoms with van der Waals surface area (Å²) in [5.74, 6) is -0.920. The number of rotatable bonds is 7. The average Bonchev–Trinajstić information content (AvgIpc) is 2.93. The molecule has 0 aliphatic carbocycles. The van der Waals surface area contributed by atoms with Crippen LogP contribution in [0.15, 0.2) is 28.8 Å². The van der Waals surface area contributed by atoms with Crippen molar-refractivity contribution in [3.63, 3.8) is 0 Å². The number of ether oxygens (including phenoxy) is 1. The zero-order valence-electron chi connectivity index (χ0n) is 12.9. The molecule has 130 valence electrons. The quantitative estimate of drug-likeness (QED) is 0.834. The van der Waals surface area contributed by atoms with E-state index in [0.29, 0.717) is 18.6 Å². The van der Waals surface area contributed by atoms with Gasteiger partial charge in [0.25, 0.3) is 0 Å². The van der Waals surface area contributed by atoms with Crippen molar-refractivity contribution < 1.29 is 32.3 Å². The van der Waals surface area contributed by atoms with Crippen molar-refractivity contribution in [2.45, 2.75) is 25.4 Å². The molecule has 0 aliphatic heterocycles. The highest BCUT2D eigenvalue weighted by atomic mass is 19.4. The molecule has 1 aromatic carbocycles. The van der Waals surface area contributed by atoms with Gasteiger partial charge < -0.3 is 14.4 Å². The molecule has 5 nitrogen and oxygen atoms in total. The molecule has 1 aromatic heterocycles. The first kappa shape index (κ1) is 18.0. The molecule has 8 heteroatoms. The summed E-state index contributed by atoms with van der Waals surface area (Å²) in [7, 11) is 1.49. The van der Waals surface area contributed by atoms with Gasteiger partial charge >= 0.3 is 12.1 Å². The lowest BCUT2D eigenvalue weighted by Crippen LogP contribution is -2.07. The maximum absolute atomic E-state index is 12.5. The summed E-state index contributed by atoms with van der Waals surface area (Å²) in [4.78, 5) is 11.4. The highest BCUT2D eigenvalue weighted by Crippen LogP contribution is 2.29. The summed E-state index contributed by atoms with van der Waals surface area (Å²) in [5, 5.41) is 13.1. The topological polar surface area (TPSA) is 72.6 Å². The summed E-state index contributed by atoms with van der Waals surface area (Å²) >= 11 is 0. The Balaban J connectivity index is 2.09. The summed E-state index contributed by atoms with van der Waals surface area (Å²) in [6, 6.07) is 4.74. The van der Waals surface area contributed by atoms with Gasteiger partial charge in [-0.05, 0) is 30.5 Å². The number of nitrogens with zero attached hydrogens (tertiary/aromatic N) is 1. The van der Waals surface area contributed by atoms with Crippen molar-refractivity contribution >= 4 is 5.97 Å². The van der Waals surface area contributed by atoms with Crippen LogP contribution in [-0.4, -0.2) is 29.9 Å². The molecule has 24 heavy (non-hydrogen) atoms. The predicted octanol–water partition coefficient (Wildman–Crippen LogP) is 3.37. The molecule has 0 amide bonds. The summed E-state index contributed by atoms with van der Waals surface area (Å²) < 4.78 is 47.5. The SMILES string of the molecule is COCCc1onc(CCc2ccc(C(F)(F)F)cc2)c1C(=O)O. The fraction of sp³-hybridized carbons (Fsp3) is 0.375. The van der Waals surface area contributed by atoms with Gasteiger partial charge in [0.15, 0.2) is 5.76 Å². The largest absolute Gasteiger partial charge is 0.477 e. The molecule has 0 radical (unpaired) electrons. The second-order valence-electron chi connectivity index (χ2n) is 5.17. The zero-order valence-corrected chi connectivity index (χ0v) is 12.9. The smallest absolute Gasteiger partial charge is 0.416 e. The van der Waals surface area contributed by atoms with Gasteiger partial charge in [0.2, 0.25) is 0 Å². The van der Waals surface area contributed by atoms with E-state index < -0.39 is 17.7 Å². The number of carboxylic acid groups (broad SMARTS) is 1. The van der Waals surface area contributed by atoms with Crippen LogP contribution in [0.25, 0.3) is 0 Å². The fourth-order valence-corrected chi connectivity index (χ4v) is 2.26. The number of carboxylic acids is 1. The first-order valence-corrected chi connectivity index (χ1v) is 7.18. The third kappa shape index (κ3) is 4.35. The van der Waals surface area contributed by atoms with Crippen LogP contribution in [0.1, 0.15) is 32.9 Å². The number of benzene rings is 1. The number of alkyl halides is 3. The highest BCUT2D eigenvalue weighted by molar-refractivity contribution is 5.90. The number of carbonyl (C=O) groups is 1. The molecule has 0 bridgehead atoms. The number of methoxy groups -OCH3 is 1. The number of hydrogen-bond donors (Lipinski definition) is 1. The molecule has 2 rings (SSSR count). The Labute approximate surface area is 136 Å². The molecule has 0 saturated heterocycles. The van der Waals surface area contributed by atoms with E-state index in [-0.39, 0.29) is 29.9 Å². The normalized spacial score (nSPS) is 11.7. The Morgan fingerprint density at radius 3 is 2.42 bits per heavy atom. The molecule has 1 heterocycles. The van der Waals surface area contributed by atoms with Crippen LogP contribution in [0.5, 0.6) is 0 Å². The van der Waals surface area contributed by atoms with Gasteiger partial charge in [0.1, 0.15) is 5.56 Å². The Morgan fingerprint density at radius 1 is 1.21 bits per heavy atom. The van der Waals surface area contributed by atoms with Gasteiger partial charge in [-0.1, -0.05) is 17.3 Å². The van der Waals surface area contributed by atoms with E-state index in [1.165, 1.54) is 19.2 Å². The molecule has 2 aromatic rings. The molecule has 0 atom stereocenters. The van der Waals surface area contributed by atoms with E-state index in [1.54, 1.807) is 0 Å². The van der Waals surface area contributed by atoms with Crippen LogP contribution < -0.4 is 0 Å². The van der Waals surface area contributed by atoms with Crippen LogP contribution in [0.2, 0.25) is 0 Å². The first-order valence-electron chi connectivity index (χ1n) is 7.18. The van der Waals surface area contributed by atoms with Crippen LogP contribution in [0, 0.1) is 0 Å². The van der Waals surface area contributed by atoms with Crippen molar-refractivity contribution in [2.24, 2.45) is 0 Å². The minimum atomic E-state index is -4.38. The monoisotopic (exact) mass is 343 g/mol. The molecule has 0 spiro atoms. The van der Waals surface area contributed by atoms with E-state index in [4.69, 9.17) is 9.26 Å². The van der Waals surface area contributed by atoms with Crippen LogP contribution >= 0.6 is 0 Å². The molecular weight excluding hydrogens is 327 g/mol. The van der Waals surface area contributed by atoms with Gasteiger partial charge in [0, 0.05) is 13.5 Å². The van der Waals surface area contributed by atoms with Gasteiger partial charge in [-0.15, -0.1) is 0 Å². The zero-order chi connectivity index (χ0) is 17.7. The van der Waals surface area contributed by atoms with Crippen LogP contribution in [0.4, 0.5) is 13.2 Å². The second-order valence-corrected chi connectivity index (χ2v) is 5.17. The van der Waals surface area contributed by atoms with E-state index in [0.717, 1.165) is 12.1 Å². The van der Waals surface area contributed by atoms with Crippen LogP contribution in [-0.2, 0) is 30.2 Å². The lowest BCUT2D eigenvalue weighted by atomic mass is 10.0. The summed E-state index contributed by atoms with van der Waals surface area (Å²) in [6.45, 7) is 0.299. The van der Waals surface area contributed by atoms with Gasteiger partial charge in [-0.3, -0.25) is 0 Å². The average molecular weight is 343 g/mol. The third-order valence-corrected chi connectivity index (χ3v) is 3.51. The van der Waals surface area contributed by atoms with Crippen molar-refractivity contribution in [2.75, 3.05) is 13.7 Å². The van der Waals surface area contributed by atoms with Crippen molar-refractivity contribution in [3.8, 4) is 0 Å². The van der Waals surface area contributed by atoms with Gasteiger partial charge in [0.05, 0.1) is 17.9 Å². The first-order chi connectivity index (χ1) is 11.3. The standard InChI is InChI=1S/C16H16F3NO4/c1-23-9-8-13-14(15(21)22)12(20-24-13)7-4-10-2-5-11(6-3-10)16(17,18)19/h2-3,5-6H,4,7-9H2,1H3,(H,21,22). The molecule has 1 N–H and O–H groups in total. The predicted molar refractivity (Wildman–Crippen MR) is 77.9 cm³/mol. The maximum Gasteiger partial charge on any atom is 0.416 e. The maximum atomic E-state index is 12.5. The fourth-order valence-electron chi connectivity index (χ4n) is 2.26. The highest BCUT2D eigenvalue weighted by Gasteiger charge is 2.30. The summed E-state index contributed by atoms with van der Waals surface area (Å²) in [5.41, 5.74) is 0.203. The number of aromatic carboxylic acids is 1. The molecule has 0 unspecified atom stereocenters. The molecular formula is C16H16F3NO4. The van der Waals surface area contributed by atoms with E-state index in [1.807, 2.05) is 0 Å². The Morgan fingerprint density at radius 2 is 1.88 bits per heavy atom. The van der Waals surface area contributed by atoms with E-state index in [2.05, 4.69) is 5.16 Å². The Hall–Kier alpha value is -2.35. The molecule has 0 fully saturated rings. The lowest BCUT2D eigenvalue weighted by molar-refractivity contribution is -0.137. The number of aryl methyl sites for hydroxylation is 2.